The normalized spacial score (nSPS) is 10.6. The lowest BCUT2D eigenvalue weighted by molar-refractivity contribution is 0.104. The van der Waals surface area contributed by atoms with Crippen LogP contribution in [-0.4, -0.2) is 20.0 Å². The van der Waals surface area contributed by atoms with Gasteiger partial charge in [-0.3, -0.25) is 4.79 Å². The Morgan fingerprint density at radius 3 is 2.57 bits per heavy atom. The van der Waals surface area contributed by atoms with Crippen molar-refractivity contribution in [1.29, 1.82) is 0 Å². The number of methoxy groups -OCH3 is 2. The van der Waals surface area contributed by atoms with Crippen molar-refractivity contribution < 1.29 is 14.3 Å². The van der Waals surface area contributed by atoms with Gasteiger partial charge in [-0.15, -0.1) is 0 Å². The molecule has 0 atom stereocenters. The summed E-state index contributed by atoms with van der Waals surface area (Å²) in [6, 6.07) is 12.4. The van der Waals surface area contributed by atoms with E-state index in [1.807, 2.05) is 12.1 Å². The molecular formula is C17H15ClO3. The highest BCUT2D eigenvalue weighted by Gasteiger charge is 2.10. The molecule has 0 spiro atoms. The predicted molar refractivity (Wildman–Crippen MR) is 84.4 cm³/mol. The molecule has 21 heavy (non-hydrogen) atoms. The second-order valence-corrected chi connectivity index (χ2v) is 4.76. The van der Waals surface area contributed by atoms with Crippen molar-refractivity contribution in [2.75, 3.05) is 14.2 Å². The van der Waals surface area contributed by atoms with E-state index in [0.717, 1.165) is 5.56 Å². The van der Waals surface area contributed by atoms with E-state index in [-0.39, 0.29) is 5.78 Å². The van der Waals surface area contributed by atoms with Gasteiger partial charge in [0.2, 0.25) is 0 Å². The van der Waals surface area contributed by atoms with E-state index in [2.05, 4.69) is 0 Å². The summed E-state index contributed by atoms with van der Waals surface area (Å²) >= 11 is 5.91. The standard InChI is InChI=1S/C17H15ClO3/c1-20-14-7-8-15(17(11-14)21-2)16(19)9-6-12-4-3-5-13(18)10-12/h3-11H,1-2H3/b9-6+. The van der Waals surface area contributed by atoms with Crippen molar-refractivity contribution in [2.24, 2.45) is 0 Å². The molecule has 4 heteroatoms. The van der Waals surface area contributed by atoms with Gasteiger partial charge in [-0.05, 0) is 35.9 Å². The lowest BCUT2D eigenvalue weighted by Gasteiger charge is -2.07. The Labute approximate surface area is 128 Å². The van der Waals surface area contributed by atoms with E-state index in [4.69, 9.17) is 21.1 Å². The van der Waals surface area contributed by atoms with E-state index < -0.39 is 0 Å². The zero-order valence-corrected chi connectivity index (χ0v) is 12.6. The number of allylic oxidation sites excluding steroid dienone is 1. The minimum atomic E-state index is -0.144. The number of carbonyl (C=O) groups excluding carboxylic acids is 1. The van der Waals surface area contributed by atoms with Crippen molar-refractivity contribution >= 4 is 23.5 Å². The van der Waals surface area contributed by atoms with Crippen molar-refractivity contribution in [3.05, 3.63) is 64.7 Å². The third-order valence-corrected chi connectivity index (χ3v) is 3.19. The number of ether oxygens (including phenoxy) is 2. The Bertz CT molecular complexity index is 677. The summed E-state index contributed by atoms with van der Waals surface area (Å²) in [6.07, 6.45) is 3.22. The molecule has 0 radical (unpaired) electrons. The summed E-state index contributed by atoms with van der Waals surface area (Å²) in [5, 5.41) is 0.631. The summed E-state index contributed by atoms with van der Waals surface area (Å²) in [6.45, 7) is 0. The molecule has 0 aromatic heterocycles. The molecular weight excluding hydrogens is 288 g/mol. The van der Waals surface area contributed by atoms with Crippen LogP contribution in [0.3, 0.4) is 0 Å². The SMILES string of the molecule is COc1ccc(C(=O)/C=C/c2cccc(Cl)c2)c(OC)c1. The van der Waals surface area contributed by atoms with Crippen molar-refractivity contribution in [1.82, 2.24) is 0 Å². The summed E-state index contributed by atoms with van der Waals surface area (Å²) in [5.74, 6) is 0.979. The van der Waals surface area contributed by atoms with Crippen LogP contribution in [0.4, 0.5) is 0 Å². The van der Waals surface area contributed by atoms with Gasteiger partial charge in [0.25, 0.3) is 0 Å². The first-order valence-corrected chi connectivity index (χ1v) is 6.72. The van der Waals surface area contributed by atoms with Crippen LogP contribution in [0.1, 0.15) is 15.9 Å². The number of benzene rings is 2. The van der Waals surface area contributed by atoms with Gasteiger partial charge in [-0.1, -0.05) is 29.8 Å². The van der Waals surface area contributed by atoms with E-state index >= 15 is 0 Å². The van der Waals surface area contributed by atoms with Gasteiger partial charge in [0.05, 0.1) is 19.8 Å². The van der Waals surface area contributed by atoms with Gasteiger partial charge < -0.3 is 9.47 Å². The third-order valence-electron chi connectivity index (χ3n) is 2.95. The van der Waals surface area contributed by atoms with Crippen LogP contribution >= 0.6 is 11.6 Å². The molecule has 0 saturated heterocycles. The minimum absolute atomic E-state index is 0.144. The van der Waals surface area contributed by atoms with Gasteiger partial charge in [-0.2, -0.15) is 0 Å². The molecule has 0 heterocycles. The molecule has 108 valence electrons. The van der Waals surface area contributed by atoms with E-state index in [0.29, 0.717) is 22.1 Å². The number of ketones is 1. The Balaban J connectivity index is 2.24. The summed E-state index contributed by atoms with van der Waals surface area (Å²) in [4.78, 5) is 12.2. The van der Waals surface area contributed by atoms with Crippen LogP contribution in [-0.2, 0) is 0 Å². The van der Waals surface area contributed by atoms with E-state index in [9.17, 15) is 4.79 Å². The van der Waals surface area contributed by atoms with Crippen molar-refractivity contribution in [3.8, 4) is 11.5 Å². The highest BCUT2D eigenvalue weighted by Crippen LogP contribution is 2.25. The van der Waals surface area contributed by atoms with Crippen LogP contribution < -0.4 is 9.47 Å². The summed E-state index contributed by atoms with van der Waals surface area (Å²) in [5.41, 5.74) is 1.35. The Hall–Kier alpha value is -2.26. The highest BCUT2D eigenvalue weighted by atomic mass is 35.5. The summed E-state index contributed by atoms with van der Waals surface area (Å²) < 4.78 is 10.3. The molecule has 0 N–H and O–H groups in total. The third kappa shape index (κ3) is 3.86. The largest absolute Gasteiger partial charge is 0.497 e. The topological polar surface area (TPSA) is 35.5 Å². The number of hydrogen-bond acceptors (Lipinski definition) is 3. The molecule has 0 fully saturated rings. The van der Waals surface area contributed by atoms with E-state index in [1.165, 1.54) is 13.2 Å². The monoisotopic (exact) mass is 302 g/mol. The fraction of sp³-hybridized carbons (Fsp3) is 0.118. The maximum absolute atomic E-state index is 12.2. The quantitative estimate of drug-likeness (QED) is 0.612. The Morgan fingerprint density at radius 1 is 1.10 bits per heavy atom. The predicted octanol–water partition coefficient (Wildman–Crippen LogP) is 4.25. The number of rotatable bonds is 5. The van der Waals surface area contributed by atoms with Gasteiger partial charge >= 0.3 is 0 Å². The maximum atomic E-state index is 12.2. The average Bonchev–Trinajstić information content (AvgIpc) is 2.52. The van der Waals surface area contributed by atoms with Gasteiger partial charge in [0.15, 0.2) is 5.78 Å². The smallest absolute Gasteiger partial charge is 0.189 e. The molecule has 2 aromatic carbocycles. The Morgan fingerprint density at radius 2 is 1.90 bits per heavy atom. The molecule has 0 bridgehead atoms. The summed E-state index contributed by atoms with van der Waals surface area (Å²) in [7, 11) is 3.08. The Kier molecular flexibility index (Phi) is 5.01. The molecule has 0 unspecified atom stereocenters. The highest BCUT2D eigenvalue weighted by molar-refractivity contribution is 6.30. The number of carbonyl (C=O) groups is 1. The average molecular weight is 303 g/mol. The molecule has 0 aliphatic rings. The van der Waals surface area contributed by atoms with Crippen molar-refractivity contribution in [2.45, 2.75) is 0 Å². The zero-order chi connectivity index (χ0) is 15.2. The number of hydrogen-bond donors (Lipinski definition) is 0. The van der Waals surface area contributed by atoms with Crippen LogP contribution in [0.25, 0.3) is 6.08 Å². The first-order chi connectivity index (χ1) is 10.1. The maximum Gasteiger partial charge on any atom is 0.189 e. The zero-order valence-electron chi connectivity index (χ0n) is 11.8. The second-order valence-electron chi connectivity index (χ2n) is 4.32. The minimum Gasteiger partial charge on any atom is -0.497 e. The van der Waals surface area contributed by atoms with Crippen LogP contribution in [0.2, 0.25) is 5.02 Å². The molecule has 0 aliphatic heterocycles. The molecule has 0 amide bonds. The fourth-order valence-electron chi connectivity index (χ4n) is 1.87. The first kappa shape index (κ1) is 15.1. The first-order valence-electron chi connectivity index (χ1n) is 6.34. The molecule has 2 rings (SSSR count). The van der Waals surface area contributed by atoms with Crippen LogP contribution in [0.5, 0.6) is 11.5 Å². The van der Waals surface area contributed by atoms with Gasteiger partial charge in [0.1, 0.15) is 11.5 Å². The molecule has 0 aliphatic carbocycles. The number of halogens is 1. The van der Waals surface area contributed by atoms with Crippen LogP contribution in [0, 0.1) is 0 Å². The van der Waals surface area contributed by atoms with Crippen molar-refractivity contribution in [3.63, 3.8) is 0 Å². The lowest BCUT2D eigenvalue weighted by Crippen LogP contribution is -1.99. The lowest BCUT2D eigenvalue weighted by atomic mass is 10.1. The fourth-order valence-corrected chi connectivity index (χ4v) is 2.07. The van der Waals surface area contributed by atoms with Gasteiger partial charge in [-0.25, -0.2) is 0 Å². The molecule has 3 nitrogen and oxygen atoms in total. The van der Waals surface area contributed by atoms with Crippen LogP contribution in [0.15, 0.2) is 48.5 Å². The van der Waals surface area contributed by atoms with Gasteiger partial charge in [0, 0.05) is 11.1 Å². The van der Waals surface area contributed by atoms with E-state index in [1.54, 1.807) is 43.5 Å². The molecule has 2 aromatic rings. The second kappa shape index (κ2) is 6.95. The molecule has 0 saturated carbocycles.